The van der Waals surface area contributed by atoms with Crippen molar-refractivity contribution in [2.45, 2.75) is 89.4 Å². The molecule has 1 fully saturated rings. The van der Waals surface area contributed by atoms with E-state index in [1.807, 2.05) is 18.2 Å². The van der Waals surface area contributed by atoms with Gasteiger partial charge in [0.15, 0.2) is 0 Å². The number of unbranched alkanes of at least 4 members (excludes halogenated alkanes) is 3. The summed E-state index contributed by atoms with van der Waals surface area (Å²) in [6, 6.07) is -0.242. The van der Waals surface area contributed by atoms with Gasteiger partial charge in [-0.15, -0.1) is 0 Å². The highest BCUT2D eigenvalue weighted by atomic mass is 16.5. The predicted molar refractivity (Wildman–Crippen MR) is 105 cm³/mol. The lowest BCUT2D eigenvalue weighted by Gasteiger charge is -2.24. The number of aliphatic hydroxyl groups is 2. The number of hydrogen-bond acceptors (Lipinski definition) is 5. The monoisotopic (exact) mass is 383 g/mol. The number of carbonyl (C=O) groups is 1. The summed E-state index contributed by atoms with van der Waals surface area (Å²) in [5.74, 6) is -0.915. The molecule has 1 aliphatic rings. The van der Waals surface area contributed by atoms with Crippen molar-refractivity contribution >= 4 is 5.97 Å². The van der Waals surface area contributed by atoms with Crippen molar-refractivity contribution in [1.29, 1.82) is 0 Å². The van der Waals surface area contributed by atoms with Gasteiger partial charge in [0.25, 0.3) is 0 Å². The van der Waals surface area contributed by atoms with E-state index in [-0.39, 0.29) is 24.3 Å². The van der Waals surface area contributed by atoms with E-state index in [2.05, 4.69) is 12.4 Å². The molecule has 0 saturated heterocycles. The van der Waals surface area contributed by atoms with Crippen LogP contribution in [0.4, 0.5) is 0 Å². The zero-order valence-electron chi connectivity index (χ0n) is 16.7. The number of hydroxylamine groups is 1. The standard InChI is InChI=1S/C21H37NO5/c1-3-4-9-13-21(2,26)14-12-16-17(19(23)15-18(16)22-27)10-7-5-6-8-11-20(24)25/h5,7,12,14,16-19,22-23,26-27H,3-4,6,8-11,13,15H2,1-2H3,(H,24,25)/b7-5+,14-12+. The van der Waals surface area contributed by atoms with Gasteiger partial charge in [-0.3, -0.25) is 4.79 Å². The van der Waals surface area contributed by atoms with Crippen LogP contribution in [0.15, 0.2) is 24.3 Å². The molecule has 0 heterocycles. The molecular formula is C21H37NO5. The van der Waals surface area contributed by atoms with E-state index in [9.17, 15) is 20.2 Å². The summed E-state index contributed by atoms with van der Waals surface area (Å²) in [5.41, 5.74) is 1.41. The van der Waals surface area contributed by atoms with Gasteiger partial charge in [-0.05, 0) is 44.9 Å². The van der Waals surface area contributed by atoms with E-state index >= 15 is 0 Å². The molecule has 0 aliphatic heterocycles. The minimum Gasteiger partial charge on any atom is -0.481 e. The highest BCUT2D eigenvalue weighted by Crippen LogP contribution is 2.36. The topological polar surface area (TPSA) is 110 Å². The Morgan fingerprint density at radius 3 is 2.63 bits per heavy atom. The van der Waals surface area contributed by atoms with Crippen LogP contribution < -0.4 is 5.48 Å². The number of allylic oxidation sites excluding steroid dienone is 2. The minimum absolute atomic E-state index is 0.0481. The Hall–Kier alpha value is -1.21. The summed E-state index contributed by atoms with van der Waals surface area (Å²) < 4.78 is 0. The molecule has 1 saturated carbocycles. The van der Waals surface area contributed by atoms with Crippen molar-refractivity contribution in [2.75, 3.05) is 0 Å². The van der Waals surface area contributed by atoms with Gasteiger partial charge in [0.2, 0.25) is 0 Å². The minimum atomic E-state index is -0.889. The number of carboxylic acids is 1. The van der Waals surface area contributed by atoms with Gasteiger partial charge < -0.3 is 20.5 Å². The Morgan fingerprint density at radius 2 is 2.00 bits per heavy atom. The molecule has 6 nitrogen and oxygen atoms in total. The van der Waals surface area contributed by atoms with Gasteiger partial charge in [-0.2, -0.15) is 0 Å². The molecule has 0 amide bonds. The maximum absolute atomic E-state index is 10.5. The molecule has 6 heteroatoms. The number of nitrogens with one attached hydrogen (secondary N) is 1. The molecule has 1 aliphatic carbocycles. The summed E-state index contributed by atoms with van der Waals surface area (Å²) in [6.45, 7) is 3.92. The van der Waals surface area contributed by atoms with Gasteiger partial charge >= 0.3 is 5.97 Å². The van der Waals surface area contributed by atoms with E-state index in [0.717, 1.165) is 19.3 Å². The number of hydrogen-bond donors (Lipinski definition) is 5. The quantitative estimate of drug-likeness (QED) is 0.189. The molecule has 1 rings (SSSR count). The molecule has 0 aromatic carbocycles. The molecule has 0 aromatic heterocycles. The lowest BCUT2D eigenvalue weighted by Crippen LogP contribution is -2.31. The van der Waals surface area contributed by atoms with Crippen molar-refractivity contribution in [3.05, 3.63) is 24.3 Å². The Kier molecular flexibility index (Phi) is 10.8. The predicted octanol–water partition coefficient (Wildman–Crippen LogP) is 3.42. The molecule has 0 bridgehead atoms. The van der Waals surface area contributed by atoms with E-state index < -0.39 is 17.7 Å². The first-order chi connectivity index (χ1) is 12.8. The molecule has 0 aromatic rings. The lowest BCUT2D eigenvalue weighted by atomic mass is 9.87. The first-order valence-corrected chi connectivity index (χ1v) is 10.2. The molecule has 0 radical (unpaired) electrons. The van der Waals surface area contributed by atoms with Crippen LogP contribution in [-0.4, -0.2) is 44.2 Å². The molecule has 5 unspecified atom stereocenters. The van der Waals surface area contributed by atoms with Crippen LogP contribution in [0, 0.1) is 11.8 Å². The fourth-order valence-corrected chi connectivity index (χ4v) is 3.75. The van der Waals surface area contributed by atoms with E-state index in [1.54, 1.807) is 13.0 Å². The smallest absolute Gasteiger partial charge is 0.303 e. The first-order valence-electron chi connectivity index (χ1n) is 10.2. The van der Waals surface area contributed by atoms with E-state index in [1.165, 1.54) is 0 Å². The van der Waals surface area contributed by atoms with Crippen LogP contribution in [0.25, 0.3) is 0 Å². The molecule has 5 N–H and O–H groups in total. The third kappa shape index (κ3) is 9.02. The average molecular weight is 384 g/mol. The first kappa shape index (κ1) is 23.8. The maximum Gasteiger partial charge on any atom is 0.303 e. The van der Waals surface area contributed by atoms with Gasteiger partial charge in [0.05, 0.1) is 11.7 Å². The largest absolute Gasteiger partial charge is 0.481 e. The van der Waals surface area contributed by atoms with Crippen LogP contribution in [-0.2, 0) is 4.79 Å². The second kappa shape index (κ2) is 12.3. The summed E-state index contributed by atoms with van der Waals surface area (Å²) in [7, 11) is 0. The van der Waals surface area contributed by atoms with Gasteiger partial charge in [0.1, 0.15) is 0 Å². The molecule has 5 atom stereocenters. The van der Waals surface area contributed by atoms with Crippen LogP contribution in [0.2, 0.25) is 0 Å². The van der Waals surface area contributed by atoms with Crippen molar-refractivity contribution < 1.29 is 25.3 Å². The zero-order valence-corrected chi connectivity index (χ0v) is 16.7. The molecule has 27 heavy (non-hydrogen) atoms. The maximum atomic E-state index is 10.5. The number of aliphatic carboxylic acids is 1. The summed E-state index contributed by atoms with van der Waals surface area (Å²) in [4.78, 5) is 10.5. The third-order valence-electron chi connectivity index (χ3n) is 5.41. The van der Waals surface area contributed by atoms with Crippen LogP contribution in [0.5, 0.6) is 0 Å². The van der Waals surface area contributed by atoms with Gasteiger partial charge in [-0.25, -0.2) is 5.48 Å². The summed E-state index contributed by atoms with van der Waals surface area (Å²) in [6.07, 6.45) is 13.6. The normalized spacial score (nSPS) is 28.2. The summed E-state index contributed by atoms with van der Waals surface area (Å²) in [5, 5.41) is 39.0. The average Bonchev–Trinajstić information content (AvgIpc) is 2.91. The Morgan fingerprint density at radius 1 is 1.26 bits per heavy atom. The Bertz CT molecular complexity index is 489. The van der Waals surface area contributed by atoms with Gasteiger partial charge in [0, 0.05) is 18.4 Å². The van der Waals surface area contributed by atoms with Crippen LogP contribution in [0.3, 0.4) is 0 Å². The van der Waals surface area contributed by atoms with Crippen molar-refractivity contribution in [3.8, 4) is 0 Å². The Balaban J connectivity index is 2.64. The zero-order chi connectivity index (χ0) is 20.3. The fourth-order valence-electron chi connectivity index (χ4n) is 3.75. The second-order valence-corrected chi connectivity index (χ2v) is 7.95. The van der Waals surface area contributed by atoms with E-state index in [4.69, 9.17) is 5.11 Å². The second-order valence-electron chi connectivity index (χ2n) is 7.95. The molecule has 156 valence electrons. The summed E-state index contributed by atoms with van der Waals surface area (Å²) >= 11 is 0. The van der Waals surface area contributed by atoms with Crippen molar-refractivity contribution in [3.63, 3.8) is 0 Å². The lowest BCUT2D eigenvalue weighted by molar-refractivity contribution is -0.137. The van der Waals surface area contributed by atoms with Crippen LogP contribution >= 0.6 is 0 Å². The fraction of sp³-hybridized carbons (Fsp3) is 0.762. The van der Waals surface area contributed by atoms with E-state index in [0.29, 0.717) is 32.1 Å². The number of carboxylic acid groups (broad SMARTS) is 1. The number of aliphatic hydroxyl groups excluding tert-OH is 1. The highest BCUT2D eigenvalue weighted by Gasteiger charge is 2.40. The van der Waals surface area contributed by atoms with Crippen molar-refractivity contribution in [2.24, 2.45) is 11.8 Å². The number of rotatable bonds is 13. The Labute approximate surface area is 162 Å². The molecular weight excluding hydrogens is 346 g/mol. The SMILES string of the molecule is CCCCCC(C)(O)/C=C/C1C(NO)CC(O)C1C/C=C/CCCC(=O)O. The van der Waals surface area contributed by atoms with Crippen molar-refractivity contribution in [1.82, 2.24) is 5.48 Å². The highest BCUT2D eigenvalue weighted by molar-refractivity contribution is 5.66. The molecule has 0 spiro atoms. The van der Waals surface area contributed by atoms with Crippen LogP contribution in [0.1, 0.15) is 71.6 Å². The van der Waals surface area contributed by atoms with Gasteiger partial charge in [-0.1, -0.05) is 50.5 Å². The third-order valence-corrected chi connectivity index (χ3v) is 5.41.